The van der Waals surface area contributed by atoms with Crippen LogP contribution in [0.2, 0.25) is 0 Å². The van der Waals surface area contributed by atoms with Crippen molar-refractivity contribution in [3.05, 3.63) is 29.3 Å². The Morgan fingerprint density at radius 1 is 1.19 bits per heavy atom. The first-order valence-electron chi connectivity index (χ1n) is 10.3. The minimum Gasteiger partial charge on any atom is -0.494 e. The normalized spacial score (nSPS) is 47.8. The average molecular weight is 356 g/mol. The number of hydrogen-bond acceptors (Lipinski definition) is 4. The molecule has 2 heterocycles. The lowest BCUT2D eigenvalue weighted by Gasteiger charge is -2.48. The van der Waals surface area contributed by atoms with Crippen molar-refractivity contribution in [1.82, 2.24) is 0 Å². The molecule has 0 aromatic heterocycles. The minimum atomic E-state index is -0.0456. The summed E-state index contributed by atoms with van der Waals surface area (Å²) >= 11 is 0. The summed E-state index contributed by atoms with van der Waals surface area (Å²) in [6.45, 7) is 6.70. The third-order valence-electron chi connectivity index (χ3n) is 7.99. The quantitative estimate of drug-likeness (QED) is 0.761. The Bertz CT molecular complexity index is 748. The van der Waals surface area contributed by atoms with Crippen LogP contribution < -0.4 is 4.74 Å². The molecule has 4 nitrogen and oxygen atoms in total. The zero-order valence-electron chi connectivity index (χ0n) is 15.7. The second kappa shape index (κ2) is 5.24. The number of fused-ring (bicyclic) bond motifs is 5. The highest BCUT2D eigenvalue weighted by molar-refractivity contribution is 5.46. The Morgan fingerprint density at radius 3 is 2.96 bits per heavy atom. The number of epoxide rings is 1. The molecule has 1 spiro atoms. The van der Waals surface area contributed by atoms with Crippen LogP contribution in [0.4, 0.5) is 0 Å². The predicted molar refractivity (Wildman–Crippen MR) is 96.3 cm³/mol. The number of ether oxygens (including phenoxy) is 4. The summed E-state index contributed by atoms with van der Waals surface area (Å²) in [6, 6.07) is 6.66. The lowest BCUT2D eigenvalue weighted by molar-refractivity contribution is -0.161. The van der Waals surface area contributed by atoms with Gasteiger partial charge in [0.05, 0.1) is 38.1 Å². The van der Waals surface area contributed by atoms with Gasteiger partial charge in [0.2, 0.25) is 0 Å². The molecule has 6 rings (SSSR count). The zero-order chi connectivity index (χ0) is 17.5. The molecule has 0 amide bonds. The Kier molecular flexibility index (Phi) is 3.21. The molecule has 7 atom stereocenters. The molecule has 4 fully saturated rings. The van der Waals surface area contributed by atoms with Crippen LogP contribution in [-0.4, -0.2) is 38.1 Å². The van der Waals surface area contributed by atoms with Gasteiger partial charge in [-0.15, -0.1) is 0 Å². The topological polar surface area (TPSA) is 40.2 Å². The molecule has 2 saturated carbocycles. The third kappa shape index (κ3) is 1.86. The summed E-state index contributed by atoms with van der Waals surface area (Å²) in [7, 11) is 0. The van der Waals surface area contributed by atoms with Crippen LogP contribution in [0.25, 0.3) is 0 Å². The standard InChI is InChI=1S/C22H28O4/c1-3-23-14-5-7-15-13(10-14)4-6-16-17-11-18-20(25-9-8-24-18)21(17,2)12-19-22(15,16)26-19/h5,7,10,16-20H,3-4,6,8-9,11-12H2,1-2H3/t16-,17-,18?,19?,20?,21-,22-/m0/s1. The highest BCUT2D eigenvalue weighted by Crippen LogP contribution is 2.71. The summed E-state index contributed by atoms with van der Waals surface area (Å²) in [6.07, 6.45) is 5.46. The Morgan fingerprint density at radius 2 is 2.08 bits per heavy atom. The largest absolute Gasteiger partial charge is 0.494 e. The molecule has 0 radical (unpaired) electrons. The number of aryl methyl sites for hydroxylation is 1. The summed E-state index contributed by atoms with van der Waals surface area (Å²) in [5, 5.41) is 0. The maximum Gasteiger partial charge on any atom is 0.123 e. The van der Waals surface area contributed by atoms with Gasteiger partial charge < -0.3 is 18.9 Å². The Hall–Kier alpha value is -1.10. The van der Waals surface area contributed by atoms with Gasteiger partial charge in [-0.25, -0.2) is 0 Å². The molecule has 4 heteroatoms. The molecule has 5 aliphatic rings. The lowest BCUT2D eigenvalue weighted by atomic mass is 9.55. The highest BCUT2D eigenvalue weighted by Gasteiger charge is 2.75. The van der Waals surface area contributed by atoms with Crippen LogP contribution in [0.3, 0.4) is 0 Å². The van der Waals surface area contributed by atoms with Crippen LogP contribution in [0.15, 0.2) is 18.2 Å². The first kappa shape index (κ1) is 15.9. The fourth-order valence-corrected chi connectivity index (χ4v) is 6.99. The molecule has 2 aliphatic heterocycles. The summed E-state index contributed by atoms with van der Waals surface area (Å²) in [5.41, 5.74) is 3.02. The molecule has 26 heavy (non-hydrogen) atoms. The van der Waals surface area contributed by atoms with Crippen molar-refractivity contribution >= 4 is 0 Å². The van der Waals surface area contributed by atoms with Crippen LogP contribution in [0.5, 0.6) is 5.75 Å². The molecule has 140 valence electrons. The maximum absolute atomic E-state index is 6.54. The van der Waals surface area contributed by atoms with E-state index in [0.29, 0.717) is 17.9 Å². The molecule has 0 bridgehead atoms. The van der Waals surface area contributed by atoms with Crippen LogP contribution in [0, 0.1) is 17.3 Å². The molecule has 0 N–H and O–H groups in total. The molecule has 2 saturated heterocycles. The third-order valence-corrected chi connectivity index (χ3v) is 7.99. The van der Waals surface area contributed by atoms with Crippen molar-refractivity contribution in [3.8, 4) is 5.75 Å². The molecule has 3 aliphatic carbocycles. The maximum atomic E-state index is 6.54. The van der Waals surface area contributed by atoms with E-state index < -0.39 is 0 Å². The summed E-state index contributed by atoms with van der Waals surface area (Å²) in [5.74, 6) is 2.22. The summed E-state index contributed by atoms with van der Waals surface area (Å²) in [4.78, 5) is 0. The van der Waals surface area contributed by atoms with E-state index in [1.807, 2.05) is 6.92 Å². The van der Waals surface area contributed by atoms with Crippen molar-refractivity contribution in [2.45, 2.75) is 63.4 Å². The van der Waals surface area contributed by atoms with Crippen molar-refractivity contribution in [3.63, 3.8) is 0 Å². The van der Waals surface area contributed by atoms with E-state index in [-0.39, 0.29) is 23.2 Å². The van der Waals surface area contributed by atoms with Gasteiger partial charge in [0, 0.05) is 5.41 Å². The van der Waals surface area contributed by atoms with E-state index in [0.717, 1.165) is 44.8 Å². The molecule has 3 unspecified atom stereocenters. The first-order valence-corrected chi connectivity index (χ1v) is 10.3. The monoisotopic (exact) mass is 356 g/mol. The average Bonchev–Trinajstić information content (AvgIpc) is 3.26. The predicted octanol–water partition coefficient (Wildman–Crippen LogP) is 3.46. The van der Waals surface area contributed by atoms with Gasteiger partial charge in [-0.2, -0.15) is 0 Å². The van der Waals surface area contributed by atoms with E-state index in [1.54, 1.807) is 0 Å². The molecular formula is C22H28O4. The van der Waals surface area contributed by atoms with Gasteiger partial charge in [0.15, 0.2) is 0 Å². The zero-order valence-corrected chi connectivity index (χ0v) is 15.7. The van der Waals surface area contributed by atoms with E-state index in [4.69, 9.17) is 18.9 Å². The van der Waals surface area contributed by atoms with Gasteiger partial charge in [0.25, 0.3) is 0 Å². The highest BCUT2D eigenvalue weighted by atomic mass is 16.6. The van der Waals surface area contributed by atoms with Crippen LogP contribution in [0.1, 0.15) is 44.2 Å². The Balaban J connectivity index is 1.38. The minimum absolute atomic E-state index is 0.0456. The fraction of sp³-hybridized carbons (Fsp3) is 0.727. The number of benzene rings is 1. The molecular weight excluding hydrogens is 328 g/mol. The SMILES string of the molecule is CCOc1ccc2c(c1)CC[C@H]1[C@@H]3CC4OCCOC4[C@@]3(C)CC3O[C@]231. The molecule has 1 aromatic carbocycles. The van der Waals surface area contributed by atoms with Crippen molar-refractivity contribution in [1.29, 1.82) is 0 Å². The van der Waals surface area contributed by atoms with Crippen molar-refractivity contribution in [2.75, 3.05) is 19.8 Å². The van der Waals surface area contributed by atoms with Crippen LogP contribution >= 0.6 is 0 Å². The Labute approximate surface area is 155 Å². The second-order valence-corrected chi connectivity index (χ2v) is 9.05. The second-order valence-electron chi connectivity index (χ2n) is 9.05. The van der Waals surface area contributed by atoms with Gasteiger partial charge in [-0.05, 0) is 67.7 Å². The van der Waals surface area contributed by atoms with Gasteiger partial charge in [-0.1, -0.05) is 13.0 Å². The van der Waals surface area contributed by atoms with Gasteiger partial charge in [-0.3, -0.25) is 0 Å². The lowest BCUT2D eigenvalue weighted by Crippen LogP contribution is -2.51. The number of hydrogen-bond donors (Lipinski definition) is 0. The summed E-state index contributed by atoms with van der Waals surface area (Å²) < 4.78 is 24.6. The van der Waals surface area contributed by atoms with Crippen molar-refractivity contribution < 1.29 is 18.9 Å². The van der Waals surface area contributed by atoms with E-state index in [1.165, 1.54) is 17.5 Å². The van der Waals surface area contributed by atoms with Crippen LogP contribution in [-0.2, 0) is 26.2 Å². The van der Waals surface area contributed by atoms with E-state index in [9.17, 15) is 0 Å². The van der Waals surface area contributed by atoms with E-state index >= 15 is 0 Å². The van der Waals surface area contributed by atoms with E-state index in [2.05, 4.69) is 25.1 Å². The van der Waals surface area contributed by atoms with Crippen molar-refractivity contribution in [2.24, 2.45) is 17.3 Å². The smallest absolute Gasteiger partial charge is 0.123 e. The number of rotatable bonds is 2. The fourth-order valence-electron chi connectivity index (χ4n) is 6.99. The van der Waals surface area contributed by atoms with Gasteiger partial charge in [0.1, 0.15) is 11.4 Å². The molecule has 1 aromatic rings. The first-order chi connectivity index (χ1) is 12.7. The van der Waals surface area contributed by atoms with Gasteiger partial charge >= 0.3 is 0 Å².